The number of rotatable bonds is 3. The molecule has 0 bridgehead atoms. The highest BCUT2D eigenvalue weighted by molar-refractivity contribution is 5.74. The molecule has 0 radical (unpaired) electrons. The van der Waals surface area contributed by atoms with Crippen LogP contribution in [0, 0.1) is 0 Å². The molecule has 0 heterocycles. The first-order chi connectivity index (χ1) is 7.87. The Morgan fingerprint density at radius 1 is 1.24 bits per heavy atom. The van der Waals surface area contributed by atoms with Crippen molar-refractivity contribution in [1.29, 1.82) is 0 Å². The fourth-order valence-electron chi connectivity index (χ4n) is 1.37. The van der Waals surface area contributed by atoms with Crippen molar-refractivity contribution in [2.24, 2.45) is 0 Å². The summed E-state index contributed by atoms with van der Waals surface area (Å²) in [5, 5.41) is 14.7. The summed E-state index contributed by atoms with van der Waals surface area (Å²) in [5.41, 5.74) is 0.863. The molecule has 1 aromatic carbocycles. The second-order valence-electron chi connectivity index (χ2n) is 5.05. The number of carbonyl (C=O) groups is 1. The van der Waals surface area contributed by atoms with Gasteiger partial charge in [-0.05, 0) is 44.9 Å². The lowest BCUT2D eigenvalue weighted by Gasteiger charge is -2.20. The van der Waals surface area contributed by atoms with Crippen LogP contribution in [0.4, 0.5) is 4.79 Å². The van der Waals surface area contributed by atoms with Crippen molar-refractivity contribution >= 4 is 6.03 Å². The van der Waals surface area contributed by atoms with Crippen molar-refractivity contribution in [2.75, 3.05) is 6.54 Å². The van der Waals surface area contributed by atoms with Crippen LogP contribution in [0.1, 0.15) is 26.3 Å². The van der Waals surface area contributed by atoms with Gasteiger partial charge < -0.3 is 15.7 Å². The van der Waals surface area contributed by atoms with Crippen LogP contribution in [-0.4, -0.2) is 23.2 Å². The van der Waals surface area contributed by atoms with E-state index in [1.165, 1.54) is 0 Å². The number of hydrogen-bond acceptors (Lipinski definition) is 2. The van der Waals surface area contributed by atoms with E-state index in [1.807, 2.05) is 32.9 Å². The maximum Gasteiger partial charge on any atom is 0.315 e. The minimum Gasteiger partial charge on any atom is -0.508 e. The van der Waals surface area contributed by atoms with Gasteiger partial charge in [-0.3, -0.25) is 0 Å². The third kappa shape index (κ3) is 5.80. The summed E-state index contributed by atoms with van der Waals surface area (Å²) in [6.07, 6.45) is 0.748. The molecule has 3 N–H and O–H groups in total. The summed E-state index contributed by atoms with van der Waals surface area (Å²) in [6.45, 7) is 6.39. The molecule has 0 aliphatic heterocycles. The molecule has 1 rings (SSSR count). The number of benzene rings is 1. The Bertz CT molecular complexity index is 366. The van der Waals surface area contributed by atoms with Gasteiger partial charge in [-0.1, -0.05) is 12.1 Å². The van der Waals surface area contributed by atoms with Gasteiger partial charge in [0.2, 0.25) is 0 Å². The first-order valence-corrected chi connectivity index (χ1v) is 5.71. The average Bonchev–Trinajstić information content (AvgIpc) is 2.18. The number of aromatic hydroxyl groups is 1. The van der Waals surface area contributed by atoms with Gasteiger partial charge in [-0.2, -0.15) is 0 Å². The van der Waals surface area contributed by atoms with Gasteiger partial charge in [0.25, 0.3) is 0 Å². The van der Waals surface area contributed by atoms with Gasteiger partial charge in [-0.15, -0.1) is 0 Å². The fraction of sp³-hybridized carbons (Fsp3) is 0.462. The lowest BCUT2D eigenvalue weighted by Crippen LogP contribution is -2.46. The molecule has 0 aromatic heterocycles. The van der Waals surface area contributed by atoms with E-state index in [-0.39, 0.29) is 17.3 Å². The van der Waals surface area contributed by atoms with Crippen LogP contribution >= 0.6 is 0 Å². The minimum absolute atomic E-state index is 0.156. The molecule has 0 atom stereocenters. The molecule has 4 nitrogen and oxygen atoms in total. The molecule has 0 saturated heterocycles. The van der Waals surface area contributed by atoms with Gasteiger partial charge in [0.05, 0.1) is 0 Å². The molecular weight excluding hydrogens is 216 g/mol. The third-order valence-corrected chi connectivity index (χ3v) is 2.12. The van der Waals surface area contributed by atoms with Crippen LogP contribution in [-0.2, 0) is 6.42 Å². The van der Waals surface area contributed by atoms with E-state index in [4.69, 9.17) is 5.11 Å². The average molecular weight is 236 g/mol. The summed E-state index contributed by atoms with van der Waals surface area (Å²) in [6, 6.07) is 6.82. The van der Waals surface area contributed by atoms with E-state index in [1.54, 1.807) is 12.1 Å². The Morgan fingerprint density at radius 2 is 1.82 bits per heavy atom. The highest BCUT2D eigenvalue weighted by atomic mass is 16.3. The number of phenolic OH excluding ortho intramolecular Hbond substituents is 1. The van der Waals surface area contributed by atoms with Gasteiger partial charge in [0, 0.05) is 12.1 Å². The Morgan fingerprint density at radius 3 is 2.35 bits per heavy atom. The summed E-state index contributed by atoms with van der Waals surface area (Å²) < 4.78 is 0. The van der Waals surface area contributed by atoms with Crippen molar-refractivity contribution < 1.29 is 9.90 Å². The van der Waals surface area contributed by atoms with Gasteiger partial charge in [0.15, 0.2) is 0 Å². The van der Waals surface area contributed by atoms with Crippen LogP contribution in [0.15, 0.2) is 24.3 Å². The van der Waals surface area contributed by atoms with E-state index in [9.17, 15) is 4.79 Å². The highest BCUT2D eigenvalue weighted by Gasteiger charge is 2.12. The van der Waals surface area contributed by atoms with Crippen LogP contribution in [0.2, 0.25) is 0 Å². The monoisotopic (exact) mass is 236 g/mol. The zero-order chi connectivity index (χ0) is 12.9. The molecule has 1 aromatic rings. The smallest absolute Gasteiger partial charge is 0.315 e. The molecule has 0 aliphatic rings. The maximum atomic E-state index is 11.4. The van der Waals surface area contributed by atoms with E-state index in [0.29, 0.717) is 6.54 Å². The normalized spacial score (nSPS) is 11.0. The van der Waals surface area contributed by atoms with Crippen molar-refractivity contribution in [3.63, 3.8) is 0 Å². The predicted molar refractivity (Wildman–Crippen MR) is 68.1 cm³/mol. The topological polar surface area (TPSA) is 61.4 Å². The van der Waals surface area contributed by atoms with E-state index >= 15 is 0 Å². The second-order valence-corrected chi connectivity index (χ2v) is 5.05. The molecule has 17 heavy (non-hydrogen) atoms. The fourth-order valence-corrected chi connectivity index (χ4v) is 1.37. The molecule has 4 heteroatoms. The second kappa shape index (κ2) is 5.57. The van der Waals surface area contributed by atoms with E-state index in [2.05, 4.69) is 10.6 Å². The van der Waals surface area contributed by atoms with E-state index in [0.717, 1.165) is 12.0 Å². The molecule has 94 valence electrons. The number of phenols is 1. The minimum atomic E-state index is -0.220. The zero-order valence-electron chi connectivity index (χ0n) is 10.6. The number of urea groups is 1. The zero-order valence-corrected chi connectivity index (χ0v) is 10.6. The highest BCUT2D eigenvalue weighted by Crippen LogP contribution is 2.09. The summed E-state index contributed by atoms with van der Waals surface area (Å²) in [5.74, 6) is 0.257. The molecule has 2 amide bonds. The number of nitrogens with one attached hydrogen (secondary N) is 2. The van der Waals surface area contributed by atoms with Gasteiger partial charge in [-0.25, -0.2) is 4.79 Å². The third-order valence-electron chi connectivity index (χ3n) is 2.12. The Balaban J connectivity index is 2.28. The molecule has 0 spiro atoms. The Kier molecular flexibility index (Phi) is 4.37. The molecule has 0 unspecified atom stereocenters. The molecule has 0 fully saturated rings. The Labute approximate surface area is 102 Å². The van der Waals surface area contributed by atoms with Crippen molar-refractivity contribution in [3.05, 3.63) is 29.8 Å². The van der Waals surface area contributed by atoms with Crippen LogP contribution in [0.25, 0.3) is 0 Å². The van der Waals surface area contributed by atoms with E-state index < -0.39 is 0 Å². The summed E-state index contributed by atoms with van der Waals surface area (Å²) in [4.78, 5) is 11.4. The molecular formula is C13H20N2O2. The maximum absolute atomic E-state index is 11.4. The van der Waals surface area contributed by atoms with Crippen LogP contribution in [0.5, 0.6) is 5.75 Å². The lowest BCUT2D eigenvalue weighted by atomic mass is 10.1. The first-order valence-electron chi connectivity index (χ1n) is 5.71. The lowest BCUT2D eigenvalue weighted by molar-refractivity contribution is 0.232. The molecule has 0 saturated carbocycles. The van der Waals surface area contributed by atoms with Crippen LogP contribution in [0.3, 0.4) is 0 Å². The number of hydrogen-bond donors (Lipinski definition) is 3. The number of amides is 2. The van der Waals surface area contributed by atoms with Crippen molar-refractivity contribution in [1.82, 2.24) is 10.6 Å². The quantitative estimate of drug-likeness (QED) is 0.752. The van der Waals surface area contributed by atoms with Gasteiger partial charge in [0.1, 0.15) is 5.75 Å². The molecule has 0 aliphatic carbocycles. The largest absolute Gasteiger partial charge is 0.508 e. The Hall–Kier alpha value is -1.71. The first kappa shape index (κ1) is 13.4. The number of carbonyl (C=O) groups excluding carboxylic acids is 1. The van der Waals surface area contributed by atoms with Crippen molar-refractivity contribution in [2.45, 2.75) is 32.7 Å². The van der Waals surface area contributed by atoms with Gasteiger partial charge >= 0.3 is 6.03 Å². The predicted octanol–water partition coefficient (Wildman–Crippen LogP) is 2.03. The van der Waals surface area contributed by atoms with Crippen molar-refractivity contribution in [3.8, 4) is 5.75 Å². The standard InChI is InChI=1S/C13H20N2O2/c1-13(2,3)15-12(17)14-9-8-10-4-6-11(16)7-5-10/h4-7,16H,8-9H2,1-3H3,(H2,14,15,17). The SMILES string of the molecule is CC(C)(C)NC(=O)NCCc1ccc(O)cc1. The van der Waals surface area contributed by atoms with Crippen LogP contribution < -0.4 is 10.6 Å². The summed E-state index contributed by atoms with van der Waals surface area (Å²) >= 11 is 0. The summed E-state index contributed by atoms with van der Waals surface area (Å²) in [7, 11) is 0.